The second kappa shape index (κ2) is 8.14. The summed E-state index contributed by atoms with van der Waals surface area (Å²) >= 11 is 0. The summed E-state index contributed by atoms with van der Waals surface area (Å²) in [6, 6.07) is 0.469. The van der Waals surface area contributed by atoms with Crippen molar-refractivity contribution in [2.24, 2.45) is 11.8 Å². The summed E-state index contributed by atoms with van der Waals surface area (Å²) in [4.78, 5) is 14.0. The first-order chi connectivity index (χ1) is 9.77. The molecule has 21 heavy (non-hydrogen) atoms. The van der Waals surface area contributed by atoms with Crippen LogP contribution in [0.25, 0.3) is 0 Å². The van der Waals surface area contributed by atoms with Gasteiger partial charge in [-0.2, -0.15) is 0 Å². The number of nitrogens with zero attached hydrogens (tertiary/aromatic N) is 1. The van der Waals surface area contributed by atoms with Gasteiger partial charge in [0.1, 0.15) is 0 Å². The molecule has 1 saturated carbocycles. The maximum Gasteiger partial charge on any atom is 0.308 e. The molecule has 1 unspecified atom stereocenters. The average molecular weight is 299 g/mol. The van der Waals surface area contributed by atoms with Crippen LogP contribution in [0.3, 0.4) is 0 Å². The lowest BCUT2D eigenvalue weighted by molar-refractivity contribution is -0.151. The number of likely N-dealkylation sites (N-methyl/N-ethyl adjacent to an activating group) is 1. The molecule has 124 valence electrons. The van der Waals surface area contributed by atoms with Gasteiger partial charge in [0, 0.05) is 12.6 Å². The van der Waals surface area contributed by atoms with Gasteiger partial charge in [-0.25, -0.2) is 0 Å². The smallest absolute Gasteiger partial charge is 0.308 e. The lowest BCUT2D eigenvalue weighted by atomic mass is 9.78. The van der Waals surface area contributed by atoms with Crippen molar-refractivity contribution in [1.29, 1.82) is 0 Å². The Morgan fingerprint density at radius 1 is 1.33 bits per heavy atom. The predicted octanol–water partition coefficient (Wildman–Crippen LogP) is 2.84. The van der Waals surface area contributed by atoms with Crippen LogP contribution in [0.4, 0.5) is 0 Å². The number of carbonyl (C=O) groups is 1. The SMILES string of the molecule is CCOC(=O)C1CCC(O)(CN(C)C(C)CC(C)C)CC1. The van der Waals surface area contributed by atoms with E-state index in [1.54, 1.807) is 0 Å². The van der Waals surface area contributed by atoms with Gasteiger partial charge in [-0.1, -0.05) is 13.8 Å². The third-order valence-electron chi connectivity index (χ3n) is 4.64. The number of aliphatic hydroxyl groups is 1. The summed E-state index contributed by atoms with van der Waals surface area (Å²) in [5, 5.41) is 10.8. The normalized spacial score (nSPS) is 27.9. The Kier molecular flexibility index (Phi) is 7.14. The van der Waals surface area contributed by atoms with E-state index in [0.717, 1.165) is 19.3 Å². The van der Waals surface area contributed by atoms with E-state index in [1.165, 1.54) is 0 Å². The van der Waals surface area contributed by atoms with Crippen molar-refractivity contribution in [1.82, 2.24) is 4.90 Å². The second-order valence-electron chi connectivity index (χ2n) is 7.14. The fourth-order valence-corrected chi connectivity index (χ4v) is 3.29. The maximum absolute atomic E-state index is 11.7. The molecule has 0 amide bonds. The number of esters is 1. The van der Waals surface area contributed by atoms with Gasteiger partial charge < -0.3 is 14.7 Å². The molecule has 0 aromatic heterocycles. The van der Waals surface area contributed by atoms with E-state index in [4.69, 9.17) is 4.74 Å². The summed E-state index contributed by atoms with van der Waals surface area (Å²) < 4.78 is 5.08. The largest absolute Gasteiger partial charge is 0.466 e. The number of hydrogen-bond acceptors (Lipinski definition) is 4. The molecule has 1 aliphatic carbocycles. The van der Waals surface area contributed by atoms with Crippen molar-refractivity contribution in [2.75, 3.05) is 20.2 Å². The molecule has 1 fully saturated rings. The Labute approximate surface area is 129 Å². The first kappa shape index (κ1) is 18.4. The predicted molar refractivity (Wildman–Crippen MR) is 85.1 cm³/mol. The first-order valence-corrected chi connectivity index (χ1v) is 8.36. The van der Waals surface area contributed by atoms with E-state index in [2.05, 4.69) is 32.7 Å². The summed E-state index contributed by atoms with van der Waals surface area (Å²) in [6.07, 6.45) is 3.99. The zero-order valence-electron chi connectivity index (χ0n) is 14.4. The summed E-state index contributed by atoms with van der Waals surface area (Å²) in [5.74, 6) is 0.543. The van der Waals surface area contributed by atoms with E-state index >= 15 is 0 Å². The van der Waals surface area contributed by atoms with Gasteiger partial charge in [0.2, 0.25) is 0 Å². The molecule has 4 heteroatoms. The van der Waals surface area contributed by atoms with Gasteiger partial charge in [0.15, 0.2) is 0 Å². The van der Waals surface area contributed by atoms with Crippen molar-refractivity contribution in [2.45, 2.75) is 71.4 Å². The minimum Gasteiger partial charge on any atom is -0.466 e. The highest BCUT2D eigenvalue weighted by atomic mass is 16.5. The van der Waals surface area contributed by atoms with Crippen LogP contribution in [0.1, 0.15) is 59.8 Å². The fourth-order valence-electron chi connectivity index (χ4n) is 3.29. The molecule has 0 aromatic rings. The minimum absolute atomic E-state index is 0.0244. The van der Waals surface area contributed by atoms with Crippen molar-refractivity contribution >= 4 is 5.97 Å². The molecular weight excluding hydrogens is 266 g/mol. The summed E-state index contributed by atoms with van der Waals surface area (Å²) in [5.41, 5.74) is -0.650. The first-order valence-electron chi connectivity index (χ1n) is 8.36. The molecule has 1 atom stereocenters. The number of hydrogen-bond donors (Lipinski definition) is 1. The molecule has 1 rings (SSSR count). The lowest BCUT2D eigenvalue weighted by Gasteiger charge is -2.39. The highest BCUT2D eigenvalue weighted by Gasteiger charge is 2.37. The molecule has 0 spiro atoms. The zero-order valence-corrected chi connectivity index (χ0v) is 14.4. The Morgan fingerprint density at radius 3 is 2.38 bits per heavy atom. The number of rotatable bonds is 7. The van der Waals surface area contributed by atoms with Crippen LogP contribution in [-0.4, -0.2) is 47.8 Å². The Balaban J connectivity index is 2.44. The maximum atomic E-state index is 11.7. The third kappa shape index (κ3) is 5.95. The molecular formula is C17H33NO3. The third-order valence-corrected chi connectivity index (χ3v) is 4.64. The molecule has 0 heterocycles. The van der Waals surface area contributed by atoms with Crippen molar-refractivity contribution in [3.63, 3.8) is 0 Å². The monoisotopic (exact) mass is 299 g/mol. The Hall–Kier alpha value is -0.610. The Morgan fingerprint density at radius 2 is 1.90 bits per heavy atom. The van der Waals surface area contributed by atoms with Crippen molar-refractivity contribution in [3.8, 4) is 0 Å². The topological polar surface area (TPSA) is 49.8 Å². The minimum atomic E-state index is -0.650. The molecule has 0 bridgehead atoms. The van der Waals surface area contributed by atoms with Gasteiger partial charge in [-0.15, -0.1) is 0 Å². The van der Waals surface area contributed by atoms with Crippen LogP contribution >= 0.6 is 0 Å². The van der Waals surface area contributed by atoms with Gasteiger partial charge in [0.05, 0.1) is 18.1 Å². The molecule has 0 radical (unpaired) electrons. The molecule has 1 N–H and O–H groups in total. The standard InChI is InChI=1S/C17H33NO3/c1-6-21-16(19)15-7-9-17(20,10-8-15)12-18(5)14(4)11-13(2)3/h13-15,20H,6-12H2,1-5H3. The lowest BCUT2D eigenvalue weighted by Crippen LogP contribution is -2.47. The van der Waals surface area contributed by atoms with Gasteiger partial charge in [-0.3, -0.25) is 4.79 Å². The van der Waals surface area contributed by atoms with Crippen LogP contribution in [0.15, 0.2) is 0 Å². The molecule has 0 aromatic carbocycles. The molecule has 0 saturated heterocycles. The van der Waals surface area contributed by atoms with Crippen LogP contribution in [-0.2, 0) is 9.53 Å². The highest BCUT2D eigenvalue weighted by Crippen LogP contribution is 2.33. The van der Waals surface area contributed by atoms with Gasteiger partial charge in [0.25, 0.3) is 0 Å². The van der Waals surface area contributed by atoms with Gasteiger partial charge >= 0.3 is 5.97 Å². The molecule has 4 nitrogen and oxygen atoms in total. The number of ether oxygens (including phenoxy) is 1. The summed E-state index contributed by atoms with van der Waals surface area (Å²) in [6.45, 7) is 9.63. The average Bonchev–Trinajstić information content (AvgIpc) is 2.38. The van der Waals surface area contributed by atoms with E-state index in [-0.39, 0.29) is 11.9 Å². The fraction of sp³-hybridized carbons (Fsp3) is 0.941. The quantitative estimate of drug-likeness (QED) is 0.734. The second-order valence-corrected chi connectivity index (χ2v) is 7.14. The Bertz CT molecular complexity index is 322. The molecule has 0 aliphatic heterocycles. The van der Waals surface area contributed by atoms with Crippen molar-refractivity contribution < 1.29 is 14.6 Å². The van der Waals surface area contributed by atoms with E-state index < -0.39 is 5.60 Å². The van der Waals surface area contributed by atoms with Gasteiger partial charge in [-0.05, 0) is 58.9 Å². The van der Waals surface area contributed by atoms with Crippen LogP contribution in [0.2, 0.25) is 0 Å². The van der Waals surface area contributed by atoms with Crippen LogP contribution in [0.5, 0.6) is 0 Å². The van der Waals surface area contributed by atoms with Crippen LogP contribution in [0, 0.1) is 11.8 Å². The van der Waals surface area contributed by atoms with E-state index in [1.807, 2.05) is 6.92 Å². The number of carbonyl (C=O) groups excluding carboxylic acids is 1. The van der Waals surface area contributed by atoms with E-state index in [9.17, 15) is 9.90 Å². The zero-order chi connectivity index (χ0) is 16.0. The van der Waals surface area contributed by atoms with Crippen LogP contribution < -0.4 is 0 Å². The summed E-state index contributed by atoms with van der Waals surface area (Å²) in [7, 11) is 2.09. The van der Waals surface area contributed by atoms with E-state index in [0.29, 0.717) is 38.0 Å². The van der Waals surface area contributed by atoms with Crippen molar-refractivity contribution in [3.05, 3.63) is 0 Å². The molecule has 1 aliphatic rings. The highest BCUT2D eigenvalue weighted by molar-refractivity contribution is 5.72.